The Bertz CT molecular complexity index is 604. The Labute approximate surface area is 160 Å². The first-order valence-corrected chi connectivity index (χ1v) is 8.87. The monoisotopic (exact) mass is 406 g/mol. The van der Waals surface area contributed by atoms with Crippen molar-refractivity contribution in [2.24, 2.45) is 0 Å². The van der Waals surface area contributed by atoms with E-state index in [4.69, 9.17) is 23.7 Å². The number of esters is 4. The number of hydrogen-bond acceptors (Lipinski definition) is 11. The highest BCUT2D eigenvalue weighted by Gasteiger charge is 2.52. The molecule has 0 saturated carbocycles. The summed E-state index contributed by atoms with van der Waals surface area (Å²) in [5, 5.41) is -0.351. The van der Waals surface area contributed by atoms with Crippen LogP contribution in [0.4, 0.5) is 0 Å². The van der Waals surface area contributed by atoms with E-state index in [1.54, 1.807) is 0 Å². The second-order valence-corrected chi connectivity index (χ2v) is 6.95. The van der Waals surface area contributed by atoms with Crippen LogP contribution in [-0.2, 0) is 47.7 Å². The molecule has 1 rings (SSSR count). The summed E-state index contributed by atoms with van der Waals surface area (Å²) in [5.74, 6) is -2.76. The first kappa shape index (κ1) is 22.9. The Hall–Kier alpha value is -2.14. The summed E-state index contributed by atoms with van der Waals surface area (Å²) in [6.07, 6.45) is -4.76. The minimum absolute atomic E-state index is 0.327. The predicted octanol–water partition coefficient (Wildman–Crippen LogP) is 0.349. The van der Waals surface area contributed by atoms with Crippen molar-refractivity contribution < 1.29 is 47.7 Å². The van der Waals surface area contributed by atoms with Crippen LogP contribution in [0.1, 0.15) is 34.6 Å². The van der Waals surface area contributed by atoms with E-state index in [0.717, 1.165) is 20.8 Å². The van der Waals surface area contributed by atoms with Crippen LogP contribution in [-0.4, -0.2) is 65.5 Å². The minimum atomic E-state index is -1.26. The van der Waals surface area contributed by atoms with Gasteiger partial charge in [-0.1, -0.05) is 11.8 Å². The van der Waals surface area contributed by atoms with E-state index in [1.807, 2.05) is 0 Å². The fraction of sp³-hybridized carbons (Fsp3) is 0.688. The zero-order valence-corrected chi connectivity index (χ0v) is 16.4. The van der Waals surface area contributed by atoms with E-state index in [-0.39, 0.29) is 11.7 Å². The third kappa shape index (κ3) is 7.55. The van der Waals surface area contributed by atoms with E-state index in [2.05, 4.69) is 0 Å². The molecular formula is C16H22O10S. The molecule has 0 spiro atoms. The summed E-state index contributed by atoms with van der Waals surface area (Å²) >= 11 is 0.705. The molecule has 0 aliphatic carbocycles. The van der Waals surface area contributed by atoms with Crippen LogP contribution in [0.15, 0.2) is 0 Å². The smallest absolute Gasteiger partial charge is 0.303 e. The minimum Gasteiger partial charge on any atom is -0.463 e. The van der Waals surface area contributed by atoms with Crippen molar-refractivity contribution >= 4 is 40.8 Å². The molecule has 0 amide bonds. The van der Waals surface area contributed by atoms with Gasteiger partial charge >= 0.3 is 23.9 Å². The number of thioether (sulfide) groups is 1. The van der Waals surface area contributed by atoms with E-state index < -0.39 is 53.7 Å². The molecule has 11 heteroatoms. The fourth-order valence-electron chi connectivity index (χ4n) is 2.45. The molecule has 0 aromatic carbocycles. The molecule has 0 radical (unpaired) electrons. The molecule has 0 aromatic heterocycles. The summed E-state index contributed by atoms with van der Waals surface area (Å²) in [4.78, 5) is 57.3. The number of hydrogen-bond donors (Lipinski definition) is 0. The highest BCUT2D eigenvalue weighted by Crippen LogP contribution is 2.34. The largest absolute Gasteiger partial charge is 0.463 e. The maximum absolute atomic E-state index is 11.6. The molecule has 1 aliphatic heterocycles. The topological polar surface area (TPSA) is 132 Å². The third-order valence-electron chi connectivity index (χ3n) is 3.23. The van der Waals surface area contributed by atoms with Crippen molar-refractivity contribution in [1.29, 1.82) is 0 Å². The zero-order chi connectivity index (χ0) is 20.7. The molecule has 0 unspecified atom stereocenters. The fourth-order valence-corrected chi connectivity index (χ4v) is 3.32. The second-order valence-electron chi connectivity index (χ2n) is 5.68. The predicted molar refractivity (Wildman–Crippen MR) is 90.2 cm³/mol. The summed E-state index contributed by atoms with van der Waals surface area (Å²) < 4.78 is 26.2. The maximum atomic E-state index is 11.6. The van der Waals surface area contributed by atoms with Gasteiger partial charge in [0, 0.05) is 34.6 Å². The normalized spacial score (nSPS) is 27.2. The van der Waals surface area contributed by atoms with Crippen LogP contribution < -0.4 is 0 Å². The van der Waals surface area contributed by atoms with Crippen LogP contribution in [0, 0.1) is 0 Å². The summed E-state index contributed by atoms with van der Waals surface area (Å²) in [7, 11) is 0. The van der Waals surface area contributed by atoms with Crippen molar-refractivity contribution in [3.05, 3.63) is 0 Å². The van der Waals surface area contributed by atoms with Gasteiger partial charge in [0.2, 0.25) is 0 Å². The first-order chi connectivity index (χ1) is 12.5. The SMILES string of the molecule is CC(=O)OC[C@H]1O[C@@H](SC(C)=O)[C@@H](OC(C)=O)[C@@H](OC(C)=O)[C@@H]1OC(C)=O. The molecule has 10 nitrogen and oxygen atoms in total. The molecule has 5 atom stereocenters. The standard InChI is InChI=1S/C16H22O10S/c1-7(17)22-6-12-13(23-8(2)18)14(24-9(3)19)15(25-10(4)20)16(26-12)27-11(5)21/h12-16H,6H2,1-5H3/t12-,13-,14+,15+,16+/m1/s1. The van der Waals surface area contributed by atoms with Crippen molar-refractivity contribution in [3.8, 4) is 0 Å². The van der Waals surface area contributed by atoms with Crippen molar-refractivity contribution in [2.45, 2.75) is 64.5 Å². The lowest BCUT2D eigenvalue weighted by Crippen LogP contribution is -2.61. The average Bonchev–Trinajstić information content (AvgIpc) is 2.49. The van der Waals surface area contributed by atoms with Gasteiger partial charge in [0.1, 0.15) is 12.7 Å². The highest BCUT2D eigenvalue weighted by molar-refractivity contribution is 8.14. The van der Waals surface area contributed by atoms with Crippen molar-refractivity contribution in [3.63, 3.8) is 0 Å². The summed E-state index contributed by atoms with van der Waals surface area (Å²) in [5.41, 5.74) is -1.07. The number of ether oxygens (including phenoxy) is 5. The van der Waals surface area contributed by atoms with Gasteiger partial charge < -0.3 is 23.7 Å². The molecule has 152 valence electrons. The lowest BCUT2D eigenvalue weighted by molar-refractivity contribution is -0.237. The van der Waals surface area contributed by atoms with Crippen LogP contribution in [0.25, 0.3) is 0 Å². The molecule has 0 N–H and O–H groups in total. The molecule has 1 aliphatic rings. The quantitative estimate of drug-likeness (QED) is 0.447. The maximum Gasteiger partial charge on any atom is 0.303 e. The van der Waals surface area contributed by atoms with E-state index in [1.165, 1.54) is 13.8 Å². The number of carbonyl (C=O) groups excluding carboxylic acids is 5. The van der Waals surface area contributed by atoms with Gasteiger partial charge in [-0.25, -0.2) is 0 Å². The van der Waals surface area contributed by atoms with Gasteiger partial charge in [0.15, 0.2) is 28.9 Å². The van der Waals surface area contributed by atoms with Crippen LogP contribution in [0.2, 0.25) is 0 Å². The molecule has 1 heterocycles. The molecule has 27 heavy (non-hydrogen) atoms. The Balaban J connectivity index is 3.29. The van der Waals surface area contributed by atoms with E-state index >= 15 is 0 Å². The molecule has 1 fully saturated rings. The average molecular weight is 406 g/mol. The lowest BCUT2D eigenvalue weighted by atomic mass is 9.99. The van der Waals surface area contributed by atoms with E-state index in [9.17, 15) is 24.0 Å². The van der Waals surface area contributed by atoms with Gasteiger partial charge in [0.05, 0.1) is 0 Å². The second kappa shape index (κ2) is 10.3. The van der Waals surface area contributed by atoms with Crippen LogP contribution >= 0.6 is 11.8 Å². The molecule has 0 aromatic rings. The summed E-state index contributed by atoms with van der Waals surface area (Å²) in [6.45, 7) is 5.51. The third-order valence-corrected chi connectivity index (χ3v) is 4.17. The lowest BCUT2D eigenvalue weighted by Gasteiger charge is -2.43. The number of carbonyl (C=O) groups is 5. The van der Waals surface area contributed by atoms with Gasteiger partial charge in [-0.15, -0.1) is 0 Å². The van der Waals surface area contributed by atoms with Gasteiger partial charge in [0.25, 0.3) is 0 Å². The van der Waals surface area contributed by atoms with Crippen molar-refractivity contribution in [1.82, 2.24) is 0 Å². The Morgan fingerprint density at radius 1 is 0.741 bits per heavy atom. The molecule has 0 bridgehead atoms. The van der Waals surface area contributed by atoms with E-state index in [0.29, 0.717) is 11.8 Å². The first-order valence-electron chi connectivity index (χ1n) is 7.99. The van der Waals surface area contributed by atoms with Crippen LogP contribution in [0.5, 0.6) is 0 Å². The Morgan fingerprint density at radius 3 is 1.67 bits per heavy atom. The Morgan fingerprint density at radius 2 is 1.22 bits per heavy atom. The highest BCUT2D eigenvalue weighted by atomic mass is 32.2. The van der Waals surface area contributed by atoms with Gasteiger partial charge in [-0.2, -0.15) is 0 Å². The van der Waals surface area contributed by atoms with Crippen molar-refractivity contribution in [2.75, 3.05) is 6.61 Å². The zero-order valence-electron chi connectivity index (χ0n) is 15.6. The number of rotatable bonds is 6. The van der Waals surface area contributed by atoms with Gasteiger partial charge in [-0.3, -0.25) is 24.0 Å². The van der Waals surface area contributed by atoms with Crippen LogP contribution in [0.3, 0.4) is 0 Å². The summed E-state index contributed by atoms with van der Waals surface area (Å²) in [6, 6.07) is 0. The van der Waals surface area contributed by atoms with Gasteiger partial charge in [-0.05, 0) is 0 Å². The Kier molecular flexibility index (Phi) is 8.70. The molecule has 1 saturated heterocycles. The molecular weight excluding hydrogens is 384 g/mol.